The molecule has 2 aliphatic rings. The highest BCUT2D eigenvalue weighted by atomic mass is 35.5. The van der Waals surface area contributed by atoms with Crippen LogP contribution in [-0.2, 0) is 0 Å². The van der Waals surface area contributed by atoms with Gasteiger partial charge in [0.15, 0.2) is 0 Å². The van der Waals surface area contributed by atoms with E-state index in [1.165, 1.54) is 51.4 Å². The average molecular weight is 289 g/mol. The Morgan fingerprint density at radius 3 is 2.45 bits per heavy atom. The summed E-state index contributed by atoms with van der Waals surface area (Å²) in [5.74, 6) is 0. The first-order valence-corrected chi connectivity index (χ1v) is 8.05. The number of rotatable bonds is 2. The Kier molecular flexibility index (Phi) is 3.89. The van der Waals surface area contributed by atoms with E-state index in [1.54, 1.807) is 6.07 Å². The number of hydrogen-bond acceptors (Lipinski definition) is 2. The number of anilines is 1. The van der Waals surface area contributed by atoms with Crippen LogP contribution in [0.4, 0.5) is 5.69 Å². The summed E-state index contributed by atoms with van der Waals surface area (Å²) < 4.78 is 0. The van der Waals surface area contributed by atoms with Gasteiger partial charge in [-0.2, -0.15) is 5.26 Å². The predicted octanol–water partition coefficient (Wildman–Crippen LogP) is 5.13. The van der Waals surface area contributed by atoms with Gasteiger partial charge in [-0.05, 0) is 62.1 Å². The van der Waals surface area contributed by atoms with E-state index in [0.29, 0.717) is 22.0 Å². The Balaban J connectivity index is 1.61. The second kappa shape index (κ2) is 5.66. The zero-order chi connectivity index (χ0) is 14.0. The van der Waals surface area contributed by atoms with Crippen molar-refractivity contribution in [1.29, 1.82) is 5.26 Å². The molecule has 3 rings (SSSR count). The van der Waals surface area contributed by atoms with Gasteiger partial charge in [-0.1, -0.05) is 24.4 Å². The molecule has 0 bridgehead atoms. The van der Waals surface area contributed by atoms with Gasteiger partial charge in [0.05, 0.1) is 22.3 Å². The summed E-state index contributed by atoms with van der Waals surface area (Å²) in [7, 11) is 0. The first kappa shape index (κ1) is 13.8. The maximum absolute atomic E-state index is 8.86. The minimum absolute atomic E-state index is 0.534. The molecule has 0 unspecified atom stereocenters. The molecule has 0 heterocycles. The van der Waals surface area contributed by atoms with Crippen molar-refractivity contribution in [2.45, 2.75) is 57.4 Å². The lowest BCUT2D eigenvalue weighted by Crippen LogP contribution is -2.31. The van der Waals surface area contributed by atoms with Crippen LogP contribution in [0.5, 0.6) is 0 Å². The molecule has 0 amide bonds. The maximum atomic E-state index is 8.86. The summed E-state index contributed by atoms with van der Waals surface area (Å²) in [5.41, 5.74) is 2.26. The standard InChI is InChI=1S/C17H21ClN2/c18-15-11-13(12-19)3-4-16(15)20-14-5-9-17(10-6-14)7-1-2-8-17/h3-4,11,14,20H,1-2,5-10H2. The summed E-state index contributed by atoms with van der Waals surface area (Å²) in [6.07, 6.45) is 11.0. The van der Waals surface area contributed by atoms with Gasteiger partial charge in [0.25, 0.3) is 0 Å². The zero-order valence-electron chi connectivity index (χ0n) is 11.8. The van der Waals surface area contributed by atoms with Gasteiger partial charge in [-0.3, -0.25) is 0 Å². The minimum atomic E-state index is 0.534. The van der Waals surface area contributed by atoms with Crippen LogP contribution >= 0.6 is 11.6 Å². The molecule has 1 spiro atoms. The van der Waals surface area contributed by atoms with Crippen molar-refractivity contribution in [1.82, 2.24) is 0 Å². The molecule has 1 N–H and O–H groups in total. The highest BCUT2D eigenvalue weighted by molar-refractivity contribution is 6.33. The summed E-state index contributed by atoms with van der Waals surface area (Å²) in [5, 5.41) is 13.1. The van der Waals surface area contributed by atoms with Crippen molar-refractivity contribution >= 4 is 17.3 Å². The Labute approximate surface area is 126 Å². The number of nitrogens with one attached hydrogen (secondary N) is 1. The van der Waals surface area contributed by atoms with Crippen LogP contribution in [0.15, 0.2) is 18.2 Å². The SMILES string of the molecule is N#Cc1ccc(NC2CCC3(CCCC3)CC2)c(Cl)c1. The number of hydrogen-bond donors (Lipinski definition) is 1. The van der Waals surface area contributed by atoms with E-state index in [1.807, 2.05) is 12.1 Å². The van der Waals surface area contributed by atoms with Gasteiger partial charge < -0.3 is 5.32 Å². The van der Waals surface area contributed by atoms with Gasteiger partial charge in [-0.25, -0.2) is 0 Å². The Hall–Kier alpha value is -1.20. The molecular weight excluding hydrogens is 268 g/mol. The van der Waals surface area contributed by atoms with Crippen molar-refractivity contribution in [3.63, 3.8) is 0 Å². The molecule has 2 saturated carbocycles. The molecule has 0 aromatic heterocycles. The first-order valence-electron chi connectivity index (χ1n) is 7.67. The summed E-state index contributed by atoms with van der Waals surface area (Å²) >= 11 is 6.23. The summed E-state index contributed by atoms with van der Waals surface area (Å²) in [4.78, 5) is 0. The molecule has 1 aromatic carbocycles. The fourth-order valence-electron chi connectivity index (χ4n) is 3.92. The van der Waals surface area contributed by atoms with Crippen molar-refractivity contribution in [3.8, 4) is 6.07 Å². The maximum Gasteiger partial charge on any atom is 0.0992 e. The zero-order valence-corrected chi connectivity index (χ0v) is 12.5. The number of nitrogens with zero attached hydrogens (tertiary/aromatic N) is 1. The Morgan fingerprint density at radius 2 is 1.85 bits per heavy atom. The molecule has 1 aromatic rings. The fourth-order valence-corrected chi connectivity index (χ4v) is 4.16. The molecule has 106 valence electrons. The molecule has 0 atom stereocenters. The van der Waals surface area contributed by atoms with Gasteiger partial charge in [0.2, 0.25) is 0 Å². The molecule has 20 heavy (non-hydrogen) atoms. The number of nitriles is 1. The fraction of sp³-hybridized carbons (Fsp3) is 0.588. The topological polar surface area (TPSA) is 35.8 Å². The quantitative estimate of drug-likeness (QED) is 0.819. The molecule has 0 aliphatic heterocycles. The summed E-state index contributed by atoms with van der Waals surface area (Å²) in [6.45, 7) is 0. The molecular formula is C17H21ClN2. The Morgan fingerprint density at radius 1 is 1.15 bits per heavy atom. The molecule has 3 heteroatoms. The van der Waals surface area contributed by atoms with Crippen LogP contribution in [-0.4, -0.2) is 6.04 Å². The second-order valence-corrected chi connectivity index (χ2v) is 6.84. The van der Waals surface area contributed by atoms with Crippen molar-refractivity contribution < 1.29 is 0 Å². The lowest BCUT2D eigenvalue weighted by atomic mass is 9.71. The first-order chi connectivity index (χ1) is 9.71. The number of benzene rings is 1. The third-order valence-electron chi connectivity index (χ3n) is 5.17. The second-order valence-electron chi connectivity index (χ2n) is 6.43. The van der Waals surface area contributed by atoms with Crippen LogP contribution in [0.2, 0.25) is 5.02 Å². The molecule has 0 radical (unpaired) electrons. The minimum Gasteiger partial charge on any atom is -0.381 e. The lowest BCUT2D eigenvalue weighted by Gasteiger charge is -2.38. The van der Waals surface area contributed by atoms with E-state index in [-0.39, 0.29) is 0 Å². The van der Waals surface area contributed by atoms with E-state index >= 15 is 0 Å². The average Bonchev–Trinajstić information content (AvgIpc) is 2.92. The predicted molar refractivity (Wildman–Crippen MR) is 82.9 cm³/mol. The summed E-state index contributed by atoms with van der Waals surface area (Å²) in [6, 6.07) is 8.15. The van der Waals surface area contributed by atoms with Crippen molar-refractivity contribution in [2.24, 2.45) is 5.41 Å². The largest absolute Gasteiger partial charge is 0.381 e. The Bertz CT molecular complexity index is 516. The van der Waals surface area contributed by atoms with Gasteiger partial charge in [0, 0.05) is 6.04 Å². The molecule has 0 saturated heterocycles. The lowest BCUT2D eigenvalue weighted by molar-refractivity contribution is 0.188. The third kappa shape index (κ3) is 2.79. The highest BCUT2D eigenvalue weighted by Gasteiger charge is 2.37. The van der Waals surface area contributed by atoms with E-state index in [2.05, 4.69) is 11.4 Å². The normalized spacial score (nSPS) is 21.8. The smallest absolute Gasteiger partial charge is 0.0992 e. The van der Waals surface area contributed by atoms with Crippen LogP contribution in [0.25, 0.3) is 0 Å². The van der Waals surface area contributed by atoms with E-state index in [9.17, 15) is 0 Å². The van der Waals surface area contributed by atoms with Gasteiger partial charge in [0.1, 0.15) is 0 Å². The highest BCUT2D eigenvalue weighted by Crippen LogP contribution is 2.49. The van der Waals surface area contributed by atoms with Gasteiger partial charge >= 0.3 is 0 Å². The van der Waals surface area contributed by atoms with Crippen molar-refractivity contribution in [2.75, 3.05) is 5.32 Å². The molecule has 2 fully saturated rings. The van der Waals surface area contributed by atoms with E-state index in [0.717, 1.165) is 5.69 Å². The van der Waals surface area contributed by atoms with Crippen LogP contribution in [0, 0.1) is 16.7 Å². The van der Waals surface area contributed by atoms with E-state index < -0.39 is 0 Å². The van der Waals surface area contributed by atoms with Crippen molar-refractivity contribution in [3.05, 3.63) is 28.8 Å². The number of halogens is 1. The van der Waals surface area contributed by atoms with Crippen LogP contribution in [0.1, 0.15) is 56.9 Å². The van der Waals surface area contributed by atoms with Crippen LogP contribution < -0.4 is 5.32 Å². The monoisotopic (exact) mass is 288 g/mol. The molecule has 2 aliphatic carbocycles. The van der Waals surface area contributed by atoms with E-state index in [4.69, 9.17) is 16.9 Å². The third-order valence-corrected chi connectivity index (χ3v) is 5.48. The van der Waals surface area contributed by atoms with Gasteiger partial charge in [-0.15, -0.1) is 0 Å². The molecule has 2 nitrogen and oxygen atoms in total. The van der Waals surface area contributed by atoms with Crippen LogP contribution in [0.3, 0.4) is 0 Å².